The predicted octanol–water partition coefficient (Wildman–Crippen LogP) is 4.13. The van der Waals surface area contributed by atoms with Gasteiger partial charge in [0.25, 0.3) is 5.91 Å². The van der Waals surface area contributed by atoms with E-state index in [0.29, 0.717) is 5.82 Å². The molecule has 150 valence electrons. The molecule has 2 aromatic rings. The molecule has 4 rings (SSSR count). The lowest BCUT2D eigenvalue weighted by atomic mass is 9.89. The van der Waals surface area contributed by atoms with Crippen LogP contribution < -0.4 is 5.01 Å². The average Bonchev–Trinajstić information content (AvgIpc) is 3.03. The van der Waals surface area contributed by atoms with Crippen molar-refractivity contribution >= 4 is 23.3 Å². The number of hydrogen-bond donors (Lipinski definition) is 0. The fourth-order valence-electron chi connectivity index (χ4n) is 3.27. The molecular formula is C18H14ClF3N6O. The predicted molar refractivity (Wildman–Crippen MR) is 98.2 cm³/mol. The summed E-state index contributed by atoms with van der Waals surface area (Å²) in [5.41, 5.74) is -1.97. The summed E-state index contributed by atoms with van der Waals surface area (Å²) in [5, 5.41) is 9.34. The Bertz CT molecular complexity index is 1010. The third-order valence-corrected chi connectivity index (χ3v) is 5.34. The fraction of sp³-hybridized carbons (Fsp3) is 0.278. The Morgan fingerprint density at radius 3 is 2.79 bits per heavy atom. The van der Waals surface area contributed by atoms with Crippen LogP contribution in [0, 0.1) is 0 Å². The van der Waals surface area contributed by atoms with E-state index in [4.69, 9.17) is 11.6 Å². The lowest BCUT2D eigenvalue weighted by molar-refractivity contribution is -0.137. The molecular weight excluding hydrogens is 409 g/mol. The third-order valence-electron chi connectivity index (χ3n) is 4.93. The van der Waals surface area contributed by atoms with Gasteiger partial charge in [-0.2, -0.15) is 18.3 Å². The van der Waals surface area contributed by atoms with E-state index in [1.165, 1.54) is 29.6 Å². The Morgan fingerprint density at radius 1 is 1.31 bits per heavy atom. The normalized spacial score (nSPS) is 23.4. The molecule has 11 heteroatoms. The molecule has 0 fully saturated rings. The Hall–Kier alpha value is -3.01. The zero-order valence-electron chi connectivity index (χ0n) is 15.0. The fourth-order valence-corrected chi connectivity index (χ4v) is 3.59. The minimum atomic E-state index is -4.65. The van der Waals surface area contributed by atoms with E-state index in [1.807, 2.05) is 6.92 Å². The van der Waals surface area contributed by atoms with E-state index in [-0.39, 0.29) is 12.1 Å². The lowest BCUT2D eigenvalue weighted by Crippen LogP contribution is -2.54. The first-order chi connectivity index (χ1) is 13.7. The van der Waals surface area contributed by atoms with Crippen LogP contribution in [0.15, 0.2) is 59.4 Å². The minimum absolute atomic E-state index is 0.124. The Morgan fingerprint density at radius 2 is 2.10 bits per heavy atom. The molecule has 1 amide bonds. The number of rotatable bonds is 2. The maximum absolute atomic E-state index is 13.1. The van der Waals surface area contributed by atoms with Crippen LogP contribution in [0.2, 0.25) is 5.02 Å². The zero-order chi connectivity index (χ0) is 20.8. The van der Waals surface area contributed by atoms with Crippen LogP contribution in [-0.2, 0) is 6.18 Å². The molecule has 0 N–H and O–H groups in total. The monoisotopic (exact) mass is 422 g/mol. The van der Waals surface area contributed by atoms with Gasteiger partial charge < -0.3 is 4.90 Å². The number of fused-ring (bicyclic) bond motifs is 1. The number of halogens is 4. The highest BCUT2D eigenvalue weighted by Crippen LogP contribution is 2.39. The number of aromatic nitrogens is 2. The molecule has 29 heavy (non-hydrogen) atoms. The number of carbonyl (C=O) groups excluding carboxylic acids is 1. The van der Waals surface area contributed by atoms with Gasteiger partial charge in [-0.15, -0.1) is 0 Å². The second-order valence-electron chi connectivity index (χ2n) is 6.76. The van der Waals surface area contributed by atoms with Crippen molar-refractivity contribution in [3.8, 4) is 0 Å². The van der Waals surface area contributed by atoms with Crippen molar-refractivity contribution < 1.29 is 18.0 Å². The number of hydrogen-bond acceptors (Lipinski definition) is 6. The second-order valence-corrected chi connectivity index (χ2v) is 7.14. The average molecular weight is 423 g/mol. The molecule has 0 saturated carbocycles. The number of alkyl halides is 3. The second kappa shape index (κ2) is 6.80. The molecule has 0 aliphatic carbocycles. The van der Waals surface area contributed by atoms with E-state index in [0.717, 1.165) is 12.1 Å². The maximum Gasteiger partial charge on any atom is 0.417 e. The molecule has 3 heterocycles. The highest BCUT2D eigenvalue weighted by atomic mass is 35.5. The van der Waals surface area contributed by atoms with Crippen molar-refractivity contribution in [1.29, 1.82) is 0 Å². The van der Waals surface area contributed by atoms with Crippen LogP contribution in [0.1, 0.15) is 22.8 Å². The SMILES string of the molecule is CC12C=CN(C(=O)c3cccc(C(F)(F)F)c3Cl)CC1N=NN2c1cnccn1. The van der Waals surface area contributed by atoms with Gasteiger partial charge in [0.05, 0.1) is 28.9 Å². The van der Waals surface area contributed by atoms with Gasteiger partial charge in [-0.3, -0.25) is 9.78 Å². The van der Waals surface area contributed by atoms with E-state index in [1.54, 1.807) is 17.3 Å². The standard InChI is InChI=1S/C18H14ClF3N6O/c1-17-5-8-27(10-13(17)25-26-28(17)14-9-23-6-7-24-14)16(29)11-3-2-4-12(15(11)19)18(20,21)22/h2-9,13H,10H2,1H3. The molecule has 0 saturated heterocycles. The van der Waals surface area contributed by atoms with E-state index in [9.17, 15) is 18.0 Å². The summed E-state index contributed by atoms with van der Waals surface area (Å²) >= 11 is 5.89. The van der Waals surface area contributed by atoms with Crippen LogP contribution in [0.4, 0.5) is 19.0 Å². The van der Waals surface area contributed by atoms with Gasteiger partial charge in [-0.05, 0) is 25.1 Å². The van der Waals surface area contributed by atoms with Crippen molar-refractivity contribution in [2.24, 2.45) is 10.3 Å². The molecule has 2 atom stereocenters. The molecule has 7 nitrogen and oxygen atoms in total. The van der Waals surface area contributed by atoms with Crippen molar-refractivity contribution in [2.75, 3.05) is 11.6 Å². The summed E-state index contributed by atoms with van der Waals surface area (Å²) in [5.74, 6) is -0.154. The van der Waals surface area contributed by atoms with E-state index in [2.05, 4.69) is 20.3 Å². The molecule has 0 spiro atoms. The summed E-state index contributed by atoms with van der Waals surface area (Å²) in [6.45, 7) is 2.00. The van der Waals surface area contributed by atoms with Crippen LogP contribution >= 0.6 is 11.6 Å². The van der Waals surface area contributed by atoms with Gasteiger partial charge in [0.2, 0.25) is 0 Å². The largest absolute Gasteiger partial charge is 0.417 e. The Labute approximate surface area is 168 Å². The summed E-state index contributed by atoms with van der Waals surface area (Å²) < 4.78 is 39.3. The first-order valence-corrected chi connectivity index (χ1v) is 8.92. The van der Waals surface area contributed by atoms with Crippen molar-refractivity contribution in [1.82, 2.24) is 14.9 Å². The molecule has 1 aromatic carbocycles. The van der Waals surface area contributed by atoms with E-state index < -0.39 is 34.3 Å². The van der Waals surface area contributed by atoms with Crippen molar-refractivity contribution in [3.63, 3.8) is 0 Å². The zero-order valence-corrected chi connectivity index (χ0v) is 15.8. The Balaban J connectivity index is 1.62. The van der Waals surface area contributed by atoms with Crippen molar-refractivity contribution in [3.05, 3.63) is 65.2 Å². The highest BCUT2D eigenvalue weighted by Gasteiger charge is 2.48. The number of carbonyl (C=O) groups is 1. The lowest BCUT2D eigenvalue weighted by Gasteiger charge is -2.38. The van der Waals surface area contributed by atoms with Gasteiger partial charge >= 0.3 is 6.18 Å². The molecule has 1 aromatic heterocycles. The molecule has 2 aliphatic rings. The molecule has 2 unspecified atom stereocenters. The van der Waals surface area contributed by atoms with Gasteiger partial charge in [-0.25, -0.2) is 9.99 Å². The van der Waals surface area contributed by atoms with E-state index >= 15 is 0 Å². The van der Waals surface area contributed by atoms with Gasteiger partial charge in [0, 0.05) is 18.6 Å². The number of benzene rings is 1. The number of nitrogens with zero attached hydrogens (tertiary/aromatic N) is 6. The number of anilines is 1. The van der Waals surface area contributed by atoms with Crippen LogP contribution in [0.3, 0.4) is 0 Å². The quantitative estimate of drug-likeness (QED) is 0.729. The third kappa shape index (κ3) is 3.23. The topological polar surface area (TPSA) is 74.1 Å². The van der Waals surface area contributed by atoms with Gasteiger partial charge in [-0.1, -0.05) is 22.9 Å². The summed E-state index contributed by atoms with van der Waals surface area (Å²) in [6.07, 6.45) is 3.18. The number of amides is 1. The van der Waals surface area contributed by atoms with Crippen LogP contribution in [0.25, 0.3) is 0 Å². The summed E-state index contributed by atoms with van der Waals surface area (Å²) in [7, 11) is 0. The van der Waals surface area contributed by atoms with Gasteiger partial charge in [0.15, 0.2) is 5.82 Å². The van der Waals surface area contributed by atoms with Crippen molar-refractivity contribution in [2.45, 2.75) is 24.7 Å². The molecule has 0 bridgehead atoms. The smallest absolute Gasteiger partial charge is 0.313 e. The summed E-state index contributed by atoms with van der Waals surface area (Å²) in [4.78, 5) is 22.4. The highest BCUT2D eigenvalue weighted by molar-refractivity contribution is 6.34. The van der Waals surface area contributed by atoms with Gasteiger partial charge in [0.1, 0.15) is 11.6 Å². The Kier molecular flexibility index (Phi) is 4.53. The molecule has 0 radical (unpaired) electrons. The molecule has 2 aliphatic heterocycles. The maximum atomic E-state index is 13.1. The minimum Gasteiger partial charge on any atom is -0.313 e. The summed E-state index contributed by atoms with van der Waals surface area (Å²) in [6, 6.07) is 2.82. The first-order valence-electron chi connectivity index (χ1n) is 8.55. The van der Waals surface area contributed by atoms with Crippen LogP contribution in [0.5, 0.6) is 0 Å². The first kappa shape index (κ1) is 19.3. The van der Waals surface area contributed by atoms with Crippen LogP contribution in [-0.4, -0.2) is 38.9 Å².